The molecule has 9 heteroatoms. The molecule has 2 aromatic rings. The molecular formula is C17H19N3O4S2. The number of nitro groups is 1. The summed E-state index contributed by atoms with van der Waals surface area (Å²) in [4.78, 5) is 27.6. The van der Waals surface area contributed by atoms with Gasteiger partial charge >= 0.3 is 5.00 Å². The molecule has 1 aromatic heterocycles. The number of amides is 1. The van der Waals surface area contributed by atoms with E-state index in [4.69, 9.17) is 4.74 Å². The van der Waals surface area contributed by atoms with Gasteiger partial charge in [0.05, 0.1) is 28.4 Å². The number of hydrogen-bond donors (Lipinski definition) is 0. The average molecular weight is 393 g/mol. The van der Waals surface area contributed by atoms with Crippen molar-refractivity contribution in [1.82, 2.24) is 4.90 Å². The lowest BCUT2D eigenvalue weighted by Gasteiger charge is -2.36. The van der Waals surface area contributed by atoms with Crippen LogP contribution < -0.4 is 9.64 Å². The summed E-state index contributed by atoms with van der Waals surface area (Å²) in [6.07, 6.45) is 0. The van der Waals surface area contributed by atoms with E-state index in [0.717, 1.165) is 35.9 Å². The third-order valence-corrected chi connectivity index (χ3v) is 6.21. The first-order valence-corrected chi connectivity index (χ1v) is 9.97. The van der Waals surface area contributed by atoms with Gasteiger partial charge in [0.1, 0.15) is 5.75 Å². The average Bonchev–Trinajstić information content (AvgIpc) is 3.15. The predicted octanol–water partition coefficient (Wildman–Crippen LogP) is 3.11. The minimum Gasteiger partial charge on any atom is -0.495 e. The van der Waals surface area contributed by atoms with Gasteiger partial charge in [-0.1, -0.05) is 23.5 Å². The van der Waals surface area contributed by atoms with Gasteiger partial charge in [-0.15, -0.1) is 11.8 Å². The van der Waals surface area contributed by atoms with Gasteiger partial charge in [0.15, 0.2) is 0 Å². The van der Waals surface area contributed by atoms with Crippen LogP contribution in [-0.4, -0.2) is 54.8 Å². The van der Waals surface area contributed by atoms with Gasteiger partial charge in [-0.2, -0.15) is 0 Å². The van der Waals surface area contributed by atoms with E-state index in [2.05, 4.69) is 4.90 Å². The minimum absolute atomic E-state index is 0.00942. The molecule has 0 spiro atoms. The van der Waals surface area contributed by atoms with Crippen LogP contribution in [0.5, 0.6) is 5.75 Å². The van der Waals surface area contributed by atoms with Crippen LogP contribution in [0.2, 0.25) is 0 Å². The maximum Gasteiger partial charge on any atom is 0.337 e. The van der Waals surface area contributed by atoms with Crippen molar-refractivity contribution >= 4 is 39.7 Å². The van der Waals surface area contributed by atoms with Gasteiger partial charge in [0.25, 0.3) is 0 Å². The van der Waals surface area contributed by atoms with Gasteiger partial charge in [0.2, 0.25) is 5.91 Å². The van der Waals surface area contributed by atoms with Crippen molar-refractivity contribution in [2.45, 2.75) is 4.90 Å². The Kier molecular flexibility index (Phi) is 6.00. The van der Waals surface area contributed by atoms with Crippen molar-refractivity contribution in [2.75, 3.05) is 43.9 Å². The van der Waals surface area contributed by atoms with E-state index in [1.54, 1.807) is 18.6 Å². The van der Waals surface area contributed by atoms with Crippen molar-refractivity contribution in [3.63, 3.8) is 0 Å². The number of ether oxygens (including phenoxy) is 1. The van der Waals surface area contributed by atoms with Crippen LogP contribution in [0.3, 0.4) is 0 Å². The van der Waals surface area contributed by atoms with Crippen LogP contribution in [0, 0.1) is 10.1 Å². The maximum atomic E-state index is 12.4. The number of carbonyl (C=O) groups excluding carboxylic acids is 1. The molecule has 138 valence electrons. The second kappa shape index (κ2) is 8.41. The summed E-state index contributed by atoms with van der Waals surface area (Å²) in [6, 6.07) is 9.54. The highest BCUT2D eigenvalue weighted by Crippen LogP contribution is 2.34. The molecule has 1 aromatic carbocycles. The highest BCUT2D eigenvalue weighted by Gasteiger charge is 2.24. The second-order valence-electron chi connectivity index (χ2n) is 5.68. The van der Waals surface area contributed by atoms with Crippen molar-refractivity contribution in [2.24, 2.45) is 0 Å². The monoisotopic (exact) mass is 393 g/mol. The molecule has 7 nitrogen and oxygen atoms in total. The summed E-state index contributed by atoms with van der Waals surface area (Å²) in [6.45, 7) is 2.72. The lowest BCUT2D eigenvalue weighted by molar-refractivity contribution is -0.382. The van der Waals surface area contributed by atoms with Crippen LogP contribution >= 0.6 is 23.1 Å². The number of thiophene rings is 1. The third kappa shape index (κ3) is 4.10. The van der Waals surface area contributed by atoms with E-state index in [-0.39, 0.29) is 16.7 Å². The lowest BCUT2D eigenvalue weighted by atomic mass is 10.2. The maximum absolute atomic E-state index is 12.4. The van der Waals surface area contributed by atoms with E-state index in [1.165, 1.54) is 11.8 Å². The Bertz CT molecular complexity index is 788. The molecule has 3 rings (SSSR count). The fourth-order valence-corrected chi connectivity index (χ4v) is 4.69. The summed E-state index contributed by atoms with van der Waals surface area (Å²) in [5.74, 6) is 1.05. The fraction of sp³-hybridized carbons (Fsp3) is 0.353. The Balaban J connectivity index is 1.54. The van der Waals surface area contributed by atoms with Gasteiger partial charge in [-0.05, 0) is 23.6 Å². The van der Waals surface area contributed by atoms with Gasteiger partial charge in [-0.3, -0.25) is 14.9 Å². The third-order valence-electron chi connectivity index (χ3n) is 4.19. The van der Waals surface area contributed by atoms with E-state index in [9.17, 15) is 14.9 Å². The number of methoxy groups -OCH3 is 1. The Morgan fingerprint density at radius 2 is 2.00 bits per heavy atom. The minimum atomic E-state index is -0.399. The summed E-state index contributed by atoms with van der Waals surface area (Å²) >= 11 is 2.31. The van der Waals surface area contributed by atoms with Crippen LogP contribution in [0.1, 0.15) is 0 Å². The van der Waals surface area contributed by atoms with Crippen LogP contribution in [0.4, 0.5) is 10.7 Å². The van der Waals surface area contributed by atoms with Crippen LogP contribution in [0.15, 0.2) is 40.6 Å². The molecule has 1 aliphatic heterocycles. The molecule has 0 N–H and O–H groups in total. The van der Waals surface area contributed by atoms with E-state index in [1.807, 2.05) is 29.2 Å². The molecule has 0 aliphatic carbocycles. The number of hydrogen-bond acceptors (Lipinski definition) is 7. The quantitative estimate of drug-likeness (QED) is 0.426. The van der Waals surface area contributed by atoms with Crippen molar-refractivity contribution < 1.29 is 14.5 Å². The number of benzene rings is 1. The molecule has 0 unspecified atom stereocenters. The zero-order chi connectivity index (χ0) is 18.5. The van der Waals surface area contributed by atoms with Gasteiger partial charge < -0.3 is 14.5 Å². The van der Waals surface area contributed by atoms with Crippen LogP contribution in [-0.2, 0) is 4.79 Å². The Labute approximate surface area is 159 Å². The Morgan fingerprint density at radius 3 is 2.69 bits per heavy atom. The fourth-order valence-electron chi connectivity index (χ4n) is 2.85. The summed E-state index contributed by atoms with van der Waals surface area (Å²) in [7, 11) is 1.65. The number of nitrogens with zero attached hydrogens (tertiary/aromatic N) is 3. The van der Waals surface area contributed by atoms with E-state index < -0.39 is 4.92 Å². The van der Waals surface area contributed by atoms with Crippen LogP contribution in [0.25, 0.3) is 0 Å². The van der Waals surface area contributed by atoms with E-state index >= 15 is 0 Å². The number of para-hydroxylation sites is 2. The number of piperazine rings is 1. The molecule has 26 heavy (non-hydrogen) atoms. The van der Waals surface area contributed by atoms with Crippen molar-refractivity contribution in [3.05, 3.63) is 45.8 Å². The second-order valence-corrected chi connectivity index (χ2v) is 7.59. The Morgan fingerprint density at radius 1 is 1.27 bits per heavy atom. The van der Waals surface area contributed by atoms with Crippen molar-refractivity contribution in [1.29, 1.82) is 0 Å². The number of carbonyl (C=O) groups is 1. The lowest BCUT2D eigenvalue weighted by Crippen LogP contribution is -2.49. The molecule has 0 saturated carbocycles. The first-order chi connectivity index (χ1) is 12.6. The van der Waals surface area contributed by atoms with E-state index in [0.29, 0.717) is 18.0 Å². The molecular weight excluding hydrogens is 374 g/mol. The normalized spacial score (nSPS) is 14.3. The smallest absolute Gasteiger partial charge is 0.337 e. The largest absolute Gasteiger partial charge is 0.495 e. The zero-order valence-corrected chi connectivity index (χ0v) is 15.9. The SMILES string of the molecule is COc1ccccc1N1CCN(C(=O)CSc2ccsc2[N+](=O)[O-])CC1. The predicted molar refractivity (Wildman–Crippen MR) is 103 cm³/mol. The number of thioether (sulfide) groups is 1. The summed E-state index contributed by atoms with van der Waals surface area (Å²) < 4.78 is 5.40. The number of rotatable bonds is 6. The molecule has 0 radical (unpaired) electrons. The first-order valence-electron chi connectivity index (χ1n) is 8.10. The summed E-state index contributed by atoms with van der Waals surface area (Å²) in [5.41, 5.74) is 1.03. The Hall–Kier alpha value is -2.26. The zero-order valence-electron chi connectivity index (χ0n) is 14.3. The molecule has 0 bridgehead atoms. The molecule has 1 fully saturated rings. The standard InChI is InChI=1S/C17H19N3O4S2/c1-24-14-5-3-2-4-13(14)18-7-9-19(10-8-18)16(21)12-26-15-6-11-25-17(15)20(22)23/h2-6,11H,7-10,12H2,1H3. The van der Waals surface area contributed by atoms with Gasteiger partial charge in [0, 0.05) is 26.2 Å². The molecule has 1 amide bonds. The first kappa shape index (κ1) is 18.5. The highest BCUT2D eigenvalue weighted by molar-refractivity contribution is 8.00. The van der Waals surface area contributed by atoms with Crippen molar-refractivity contribution in [3.8, 4) is 5.75 Å². The molecule has 1 saturated heterocycles. The molecule has 2 heterocycles. The molecule has 1 aliphatic rings. The molecule has 0 atom stereocenters. The van der Waals surface area contributed by atoms with Gasteiger partial charge in [-0.25, -0.2) is 0 Å². The highest BCUT2D eigenvalue weighted by atomic mass is 32.2. The topological polar surface area (TPSA) is 75.9 Å². The summed E-state index contributed by atoms with van der Waals surface area (Å²) in [5, 5.41) is 12.7. The number of anilines is 1.